The van der Waals surface area contributed by atoms with E-state index in [1.807, 2.05) is 7.05 Å². The van der Waals surface area contributed by atoms with E-state index in [2.05, 4.69) is 9.88 Å². The lowest BCUT2D eigenvalue weighted by Crippen LogP contribution is -2.19. The molecule has 2 rings (SSSR count). The zero-order valence-electron chi connectivity index (χ0n) is 8.49. The Kier molecular flexibility index (Phi) is 2.54. The molecule has 0 amide bonds. The van der Waals surface area contributed by atoms with Crippen LogP contribution in [0.25, 0.3) is 0 Å². The Morgan fingerprint density at radius 2 is 2.43 bits per heavy atom. The van der Waals surface area contributed by atoms with Crippen molar-refractivity contribution >= 4 is 22.3 Å². The summed E-state index contributed by atoms with van der Waals surface area (Å²) in [5, 5.41) is 0.960. The fourth-order valence-corrected chi connectivity index (χ4v) is 2.15. The maximum atomic E-state index is 11.1. The highest BCUT2D eigenvalue weighted by Crippen LogP contribution is 2.31. The van der Waals surface area contributed by atoms with Crippen LogP contribution in [0, 0.1) is 5.92 Å². The molecule has 0 N–H and O–H groups in total. The van der Waals surface area contributed by atoms with Gasteiger partial charge in [-0.2, -0.15) is 0 Å². The van der Waals surface area contributed by atoms with E-state index in [-0.39, 0.29) is 5.78 Å². The first-order valence-corrected chi connectivity index (χ1v) is 5.66. The number of hydrogen-bond donors (Lipinski definition) is 0. The molecule has 0 radical (unpaired) electrons. The van der Waals surface area contributed by atoms with Gasteiger partial charge in [-0.1, -0.05) is 11.3 Å². The van der Waals surface area contributed by atoms with E-state index >= 15 is 0 Å². The number of hydrogen-bond acceptors (Lipinski definition) is 4. The van der Waals surface area contributed by atoms with Gasteiger partial charge in [0.1, 0.15) is 0 Å². The summed E-state index contributed by atoms with van der Waals surface area (Å²) >= 11 is 1.48. The molecule has 0 aliphatic heterocycles. The fourth-order valence-electron chi connectivity index (χ4n) is 1.37. The molecule has 0 spiro atoms. The molecule has 1 fully saturated rings. The molecule has 1 saturated carbocycles. The van der Waals surface area contributed by atoms with Crippen LogP contribution >= 0.6 is 11.3 Å². The monoisotopic (exact) mass is 210 g/mol. The van der Waals surface area contributed by atoms with E-state index in [9.17, 15) is 4.79 Å². The Labute approximate surface area is 87.8 Å². The highest BCUT2D eigenvalue weighted by molar-refractivity contribution is 7.17. The van der Waals surface area contributed by atoms with Crippen molar-refractivity contribution in [3.05, 3.63) is 11.1 Å². The number of thiazole rings is 1. The summed E-state index contributed by atoms with van der Waals surface area (Å²) in [6, 6.07) is 0. The van der Waals surface area contributed by atoms with Crippen molar-refractivity contribution in [3.63, 3.8) is 0 Å². The van der Waals surface area contributed by atoms with Crippen molar-refractivity contribution in [2.24, 2.45) is 5.92 Å². The fraction of sp³-hybridized carbons (Fsp3) is 0.600. The second-order valence-electron chi connectivity index (χ2n) is 3.89. The molecule has 0 bridgehead atoms. The third-order valence-corrected chi connectivity index (χ3v) is 3.61. The Balaban J connectivity index is 2.03. The molecule has 4 heteroatoms. The molecule has 1 aliphatic rings. The minimum atomic E-state index is 0.105. The molecule has 0 saturated heterocycles. The molecule has 3 nitrogen and oxygen atoms in total. The molecular formula is C10H14N2OS. The van der Waals surface area contributed by atoms with Crippen molar-refractivity contribution in [2.75, 3.05) is 18.5 Å². The third-order valence-electron chi connectivity index (χ3n) is 2.40. The Morgan fingerprint density at radius 1 is 1.71 bits per heavy atom. The van der Waals surface area contributed by atoms with Gasteiger partial charge in [-0.05, 0) is 18.8 Å². The number of aromatic nitrogens is 1. The van der Waals surface area contributed by atoms with Crippen molar-refractivity contribution in [2.45, 2.75) is 19.8 Å². The SMILES string of the molecule is CC(=O)c1cnc(N(C)CC2CC2)s1. The van der Waals surface area contributed by atoms with E-state index in [4.69, 9.17) is 0 Å². The van der Waals surface area contributed by atoms with Crippen LogP contribution in [0.4, 0.5) is 5.13 Å². The summed E-state index contributed by atoms with van der Waals surface area (Å²) < 4.78 is 0. The predicted octanol–water partition coefficient (Wildman–Crippen LogP) is 2.19. The quantitative estimate of drug-likeness (QED) is 0.714. The second kappa shape index (κ2) is 3.69. The van der Waals surface area contributed by atoms with Gasteiger partial charge >= 0.3 is 0 Å². The van der Waals surface area contributed by atoms with Gasteiger partial charge in [0.05, 0.1) is 11.1 Å². The molecule has 1 heterocycles. The van der Waals surface area contributed by atoms with Crippen molar-refractivity contribution in [3.8, 4) is 0 Å². The summed E-state index contributed by atoms with van der Waals surface area (Å²) in [5.74, 6) is 0.957. The first-order valence-electron chi connectivity index (χ1n) is 4.84. The summed E-state index contributed by atoms with van der Waals surface area (Å²) in [6.07, 6.45) is 4.36. The van der Waals surface area contributed by atoms with Crippen LogP contribution < -0.4 is 4.90 Å². The first kappa shape index (κ1) is 9.65. The van der Waals surface area contributed by atoms with Crippen LogP contribution in [0.3, 0.4) is 0 Å². The molecule has 1 aromatic rings. The summed E-state index contributed by atoms with van der Waals surface area (Å²) in [6.45, 7) is 2.66. The Morgan fingerprint density at radius 3 is 2.93 bits per heavy atom. The molecule has 0 atom stereocenters. The maximum absolute atomic E-state index is 11.1. The van der Waals surface area contributed by atoms with E-state index in [1.165, 1.54) is 24.2 Å². The van der Waals surface area contributed by atoms with Gasteiger partial charge in [0, 0.05) is 20.5 Å². The van der Waals surface area contributed by atoms with E-state index in [0.29, 0.717) is 0 Å². The molecule has 76 valence electrons. The largest absolute Gasteiger partial charge is 0.351 e. The highest BCUT2D eigenvalue weighted by Gasteiger charge is 2.24. The second-order valence-corrected chi connectivity index (χ2v) is 4.90. The summed E-state index contributed by atoms with van der Waals surface area (Å²) in [7, 11) is 2.04. The van der Waals surface area contributed by atoms with E-state index in [0.717, 1.165) is 22.5 Å². The van der Waals surface area contributed by atoms with Crippen molar-refractivity contribution in [1.29, 1.82) is 0 Å². The van der Waals surface area contributed by atoms with Crippen LogP contribution in [0.5, 0.6) is 0 Å². The van der Waals surface area contributed by atoms with Gasteiger partial charge in [-0.25, -0.2) is 4.98 Å². The molecule has 14 heavy (non-hydrogen) atoms. The average Bonchev–Trinajstić information content (AvgIpc) is 2.81. The van der Waals surface area contributed by atoms with Gasteiger partial charge in [0.25, 0.3) is 0 Å². The topological polar surface area (TPSA) is 33.2 Å². The maximum Gasteiger partial charge on any atom is 0.185 e. The Hall–Kier alpha value is -0.900. The minimum absolute atomic E-state index is 0.105. The lowest BCUT2D eigenvalue weighted by atomic mass is 10.4. The average molecular weight is 210 g/mol. The van der Waals surface area contributed by atoms with Gasteiger partial charge in [-0.3, -0.25) is 4.79 Å². The summed E-state index contributed by atoms with van der Waals surface area (Å²) in [5.41, 5.74) is 0. The molecule has 0 unspecified atom stereocenters. The van der Waals surface area contributed by atoms with Crippen LogP contribution in [-0.4, -0.2) is 24.4 Å². The van der Waals surface area contributed by atoms with Gasteiger partial charge in [-0.15, -0.1) is 0 Å². The van der Waals surface area contributed by atoms with Crippen LogP contribution in [0.2, 0.25) is 0 Å². The molecule has 1 aliphatic carbocycles. The zero-order valence-corrected chi connectivity index (χ0v) is 9.30. The van der Waals surface area contributed by atoms with Crippen molar-refractivity contribution < 1.29 is 4.79 Å². The van der Waals surface area contributed by atoms with Gasteiger partial charge < -0.3 is 4.90 Å². The van der Waals surface area contributed by atoms with Crippen LogP contribution in [0.15, 0.2) is 6.20 Å². The lowest BCUT2D eigenvalue weighted by molar-refractivity contribution is 0.102. The molecule has 1 aromatic heterocycles. The zero-order chi connectivity index (χ0) is 10.1. The van der Waals surface area contributed by atoms with Crippen molar-refractivity contribution in [1.82, 2.24) is 4.98 Å². The standard InChI is InChI=1S/C10H14N2OS/c1-7(13)9-5-11-10(14-9)12(2)6-8-3-4-8/h5,8H,3-4,6H2,1-2H3. The number of carbonyl (C=O) groups is 1. The van der Waals surface area contributed by atoms with E-state index in [1.54, 1.807) is 13.1 Å². The molecular weight excluding hydrogens is 196 g/mol. The normalized spacial score (nSPS) is 15.6. The third kappa shape index (κ3) is 2.12. The number of anilines is 1. The number of rotatable bonds is 4. The van der Waals surface area contributed by atoms with Crippen LogP contribution in [-0.2, 0) is 0 Å². The minimum Gasteiger partial charge on any atom is -0.351 e. The number of carbonyl (C=O) groups excluding carboxylic acids is 1. The predicted molar refractivity (Wildman–Crippen MR) is 58.1 cm³/mol. The Bertz CT molecular complexity index is 344. The van der Waals surface area contributed by atoms with Gasteiger partial charge in [0.2, 0.25) is 0 Å². The summed E-state index contributed by atoms with van der Waals surface area (Å²) in [4.78, 5) is 18.2. The first-order chi connectivity index (χ1) is 6.66. The van der Waals surface area contributed by atoms with Crippen LogP contribution in [0.1, 0.15) is 29.4 Å². The highest BCUT2D eigenvalue weighted by atomic mass is 32.1. The van der Waals surface area contributed by atoms with E-state index < -0.39 is 0 Å². The number of Topliss-reactive ketones (excluding diaryl/α,β-unsaturated/α-hetero) is 1. The number of ketones is 1. The smallest absolute Gasteiger partial charge is 0.185 e. The molecule has 0 aromatic carbocycles. The lowest BCUT2D eigenvalue weighted by Gasteiger charge is -2.14. The number of nitrogens with zero attached hydrogens (tertiary/aromatic N) is 2. The van der Waals surface area contributed by atoms with Gasteiger partial charge in [0.15, 0.2) is 10.9 Å².